The van der Waals surface area contributed by atoms with Crippen molar-refractivity contribution < 1.29 is 9.59 Å². The maximum atomic E-state index is 12.3. The van der Waals surface area contributed by atoms with Gasteiger partial charge in [0.25, 0.3) is 0 Å². The van der Waals surface area contributed by atoms with Gasteiger partial charge in [0.1, 0.15) is 0 Å². The topological polar surface area (TPSA) is 49.4 Å². The van der Waals surface area contributed by atoms with Crippen molar-refractivity contribution in [3.8, 4) is 0 Å². The molecule has 0 aromatic heterocycles. The first-order valence-corrected chi connectivity index (χ1v) is 9.32. The second-order valence-corrected chi connectivity index (χ2v) is 7.15. The van der Waals surface area contributed by atoms with Gasteiger partial charge in [0.15, 0.2) is 0 Å². The number of aryl methyl sites for hydroxylation is 2. The Labute approximate surface area is 144 Å². The summed E-state index contributed by atoms with van der Waals surface area (Å²) in [6, 6.07) is 6.57. The van der Waals surface area contributed by atoms with Crippen LogP contribution in [0.2, 0.25) is 0 Å². The molecule has 4 heteroatoms. The van der Waals surface area contributed by atoms with E-state index in [0.29, 0.717) is 13.0 Å². The lowest BCUT2D eigenvalue weighted by Gasteiger charge is -2.23. The molecule has 1 fully saturated rings. The number of nitrogens with zero attached hydrogens (tertiary/aromatic N) is 1. The fourth-order valence-corrected chi connectivity index (χ4v) is 3.77. The summed E-state index contributed by atoms with van der Waals surface area (Å²) < 4.78 is 0. The van der Waals surface area contributed by atoms with E-state index in [2.05, 4.69) is 23.5 Å². The molecule has 130 valence electrons. The zero-order valence-electron chi connectivity index (χ0n) is 14.6. The lowest BCUT2D eigenvalue weighted by molar-refractivity contribution is -0.135. The molecule has 0 saturated carbocycles. The van der Waals surface area contributed by atoms with Crippen LogP contribution in [0.5, 0.6) is 0 Å². The molecule has 1 N–H and O–H groups in total. The Balaban J connectivity index is 1.58. The summed E-state index contributed by atoms with van der Waals surface area (Å²) in [5.74, 6) is 0.0551. The maximum Gasteiger partial charge on any atom is 0.240 e. The Bertz CT molecular complexity index is 612. The molecule has 1 atom stereocenters. The van der Waals surface area contributed by atoms with Gasteiger partial charge in [-0.05, 0) is 62.1 Å². The first kappa shape index (κ1) is 17.0. The lowest BCUT2D eigenvalue weighted by Crippen LogP contribution is -2.41. The molecule has 1 aromatic carbocycles. The molecule has 1 aliphatic carbocycles. The highest BCUT2D eigenvalue weighted by Gasteiger charge is 2.20. The van der Waals surface area contributed by atoms with Crippen LogP contribution in [0.1, 0.15) is 68.2 Å². The van der Waals surface area contributed by atoms with Crippen molar-refractivity contribution in [2.45, 2.75) is 64.3 Å². The Kier molecular flexibility index (Phi) is 5.54. The highest BCUT2D eigenvalue weighted by molar-refractivity contribution is 5.85. The second-order valence-electron chi connectivity index (χ2n) is 7.15. The molecule has 1 aliphatic heterocycles. The third-order valence-electron chi connectivity index (χ3n) is 5.26. The van der Waals surface area contributed by atoms with E-state index in [1.807, 2.05) is 6.92 Å². The quantitative estimate of drug-likeness (QED) is 0.923. The SMILES string of the molecule is CC(NC(=O)CN1CCCCCC1=O)c1ccc2c(c1)CCCC2. The van der Waals surface area contributed by atoms with Gasteiger partial charge >= 0.3 is 0 Å². The van der Waals surface area contributed by atoms with Gasteiger partial charge in [-0.1, -0.05) is 24.6 Å². The Morgan fingerprint density at radius 1 is 1.08 bits per heavy atom. The van der Waals surface area contributed by atoms with Gasteiger partial charge in [0.05, 0.1) is 12.6 Å². The maximum absolute atomic E-state index is 12.3. The van der Waals surface area contributed by atoms with E-state index >= 15 is 0 Å². The van der Waals surface area contributed by atoms with Crippen molar-refractivity contribution in [3.63, 3.8) is 0 Å². The average Bonchev–Trinajstić information content (AvgIpc) is 2.79. The summed E-state index contributed by atoms with van der Waals surface area (Å²) in [6.07, 6.45) is 8.46. The summed E-state index contributed by atoms with van der Waals surface area (Å²) in [4.78, 5) is 26.1. The molecule has 4 nitrogen and oxygen atoms in total. The number of amides is 2. The van der Waals surface area contributed by atoms with E-state index < -0.39 is 0 Å². The van der Waals surface area contributed by atoms with Gasteiger partial charge in [-0.15, -0.1) is 0 Å². The van der Waals surface area contributed by atoms with Gasteiger partial charge in [0.2, 0.25) is 11.8 Å². The minimum Gasteiger partial charge on any atom is -0.348 e. The number of fused-ring (bicyclic) bond motifs is 1. The molecule has 3 rings (SSSR count). The van der Waals surface area contributed by atoms with Crippen molar-refractivity contribution >= 4 is 11.8 Å². The van der Waals surface area contributed by atoms with Crippen molar-refractivity contribution in [2.24, 2.45) is 0 Å². The van der Waals surface area contributed by atoms with Crippen molar-refractivity contribution in [2.75, 3.05) is 13.1 Å². The summed E-state index contributed by atoms with van der Waals surface area (Å²) in [5, 5.41) is 3.06. The molecule has 1 saturated heterocycles. The summed E-state index contributed by atoms with van der Waals surface area (Å²) in [6.45, 7) is 2.92. The van der Waals surface area contributed by atoms with Crippen molar-refractivity contribution in [1.29, 1.82) is 0 Å². The highest BCUT2D eigenvalue weighted by Crippen LogP contribution is 2.24. The predicted molar refractivity (Wildman–Crippen MR) is 94.7 cm³/mol. The Morgan fingerprint density at radius 2 is 1.83 bits per heavy atom. The number of hydrogen-bond donors (Lipinski definition) is 1. The smallest absolute Gasteiger partial charge is 0.240 e. The summed E-state index contributed by atoms with van der Waals surface area (Å²) >= 11 is 0. The van der Waals surface area contributed by atoms with E-state index in [1.165, 1.54) is 30.4 Å². The normalized spacial score (nSPS) is 19.4. The minimum absolute atomic E-state index is 0.0215. The van der Waals surface area contributed by atoms with E-state index in [1.54, 1.807) is 4.90 Å². The number of benzene rings is 1. The molecule has 2 amide bonds. The molecular formula is C20H28N2O2. The zero-order valence-corrected chi connectivity index (χ0v) is 14.6. The first-order valence-electron chi connectivity index (χ1n) is 9.32. The number of nitrogens with one attached hydrogen (secondary N) is 1. The highest BCUT2D eigenvalue weighted by atomic mass is 16.2. The number of carbonyl (C=O) groups is 2. The molecule has 0 spiro atoms. The molecule has 2 aliphatic rings. The van der Waals surface area contributed by atoms with Crippen molar-refractivity contribution in [1.82, 2.24) is 10.2 Å². The Hall–Kier alpha value is -1.84. The van der Waals surface area contributed by atoms with Gasteiger partial charge in [0, 0.05) is 13.0 Å². The van der Waals surface area contributed by atoms with Crippen LogP contribution in [0.25, 0.3) is 0 Å². The monoisotopic (exact) mass is 328 g/mol. The van der Waals surface area contributed by atoms with Crippen LogP contribution in [0.15, 0.2) is 18.2 Å². The third-order valence-corrected chi connectivity index (χ3v) is 5.26. The fraction of sp³-hybridized carbons (Fsp3) is 0.600. The first-order chi connectivity index (χ1) is 11.6. The third kappa shape index (κ3) is 4.16. The van der Waals surface area contributed by atoms with Gasteiger partial charge < -0.3 is 10.2 Å². The Morgan fingerprint density at radius 3 is 2.67 bits per heavy atom. The van der Waals surface area contributed by atoms with Crippen LogP contribution in [0, 0.1) is 0 Å². The van der Waals surface area contributed by atoms with Crippen LogP contribution in [-0.2, 0) is 22.4 Å². The fourth-order valence-electron chi connectivity index (χ4n) is 3.77. The number of likely N-dealkylation sites (tertiary alicyclic amines) is 1. The minimum atomic E-state index is -0.0597. The van der Waals surface area contributed by atoms with Crippen LogP contribution < -0.4 is 5.32 Å². The van der Waals surface area contributed by atoms with Gasteiger partial charge in [-0.2, -0.15) is 0 Å². The predicted octanol–water partition coefficient (Wildman–Crippen LogP) is 3.15. The summed E-state index contributed by atoms with van der Waals surface area (Å²) in [7, 11) is 0. The van der Waals surface area contributed by atoms with Crippen molar-refractivity contribution in [3.05, 3.63) is 34.9 Å². The molecule has 0 bridgehead atoms. The lowest BCUT2D eigenvalue weighted by atomic mass is 9.89. The molecule has 1 heterocycles. The van der Waals surface area contributed by atoms with Crippen LogP contribution in [0.4, 0.5) is 0 Å². The van der Waals surface area contributed by atoms with Gasteiger partial charge in [-0.3, -0.25) is 9.59 Å². The number of hydrogen-bond acceptors (Lipinski definition) is 2. The molecule has 1 aromatic rings. The van der Waals surface area contributed by atoms with Crippen LogP contribution in [-0.4, -0.2) is 29.8 Å². The molecule has 1 unspecified atom stereocenters. The summed E-state index contributed by atoms with van der Waals surface area (Å²) in [5.41, 5.74) is 4.05. The van der Waals surface area contributed by atoms with E-state index in [-0.39, 0.29) is 24.4 Å². The van der Waals surface area contributed by atoms with Crippen LogP contribution >= 0.6 is 0 Å². The zero-order chi connectivity index (χ0) is 16.9. The number of rotatable bonds is 4. The van der Waals surface area contributed by atoms with Crippen LogP contribution in [0.3, 0.4) is 0 Å². The molecular weight excluding hydrogens is 300 g/mol. The number of carbonyl (C=O) groups excluding carboxylic acids is 2. The average molecular weight is 328 g/mol. The van der Waals surface area contributed by atoms with E-state index in [0.717, 1.165) is 31.2 Å². The van der Waals surface area contributed by atoms with Gasteiger partial charge in [-0.25, -0.2) is 0 Å². The van der Waals surface area contributed by atoms with E-state index in [4.69, 9.17) is 0 Å². The molecule has 0 radical (unpaired) electrons. The molecule has 24 heavy (non-hydrogen) atoms. The van der Waals surface area contributed by atoms with E-state index in [9.17, 15) is 9.59 Å². The largest absolute Gasteiger partial charge is 0.348 e. The standard InChI is InChI=1S/C20H28N2O2/c1-15(17-11-10-16-7-4-5-8-18(16)13-17)21-19(23)14-22-12-6-2-3-9-20(22)24/h10-11,13,15H,2-9,12,14H2,1H3,(H,21,23). The second kappa shape index (κ2) is 7.82.